The maximum atomic E-state index is 10.4. The third-order valence-electron chi connectivity index (χ3n) is 2.81. The molecule has 3 N–H and O–H groups in total. The van der Waals surface area contributed by atoms with E-state index >= 15 is 0 Å². The van der Waals surface area contributed by atoms with Crippen molar-refractivity contribution in [2.45, 2.75) is 32.6 Å². The fourth-order valence-corrected chi connectivity index (χ4v) is 1.84. The van der Waals surface area contributed by atoms with Crippen LogP contribution in [0.25, 0.3) is 11.5 Å². The smallest absolute Gasteiger partial charge is 0.303 e. The van der Waals surface area contributed by atoms with Gasteiger partial charge in [0.15, 0.2) is 0 Å². The second-order valence-corrected chi connectivity index (χ2v) is 4.55. The summed E-state index contributed by atoms with van der Waals surface area (Å²) >= 11 is 0. The molecule has 0 aromatic carbocycles. The van der Waals surface area contributed by atoms with Gasteiger partial charge in [-0.05, 0) is 31.4 Å². The number of carbonyl (C=O) groups is 1. The van der Waals surface area contributed by atoms with Gasteiger partial charge in [-0.25, -0.2) is 0 Å². The molecule has 0 atom stereocenters. The highest BCUT2D eigenvalue weighted by Gasteiger charge is 2.12. The predicted molar refractivity (Wildman–Crippen MR) is 71.9 cm³/mol. The number of aromatic nitrogens is 3. The van der Waals surface area contributed by atoms with E-state index in [1.54, 1.807) is 12.3 Å². The molecular formula is C13H16N4O3. The molecule has 0 saturated carbocycles. The summed E-state index contributed by atoms with van der Waals surface area (Å²) in [4.78, 5) is 18.8. The summed E-state index contributed by atoms with van der Waals surface area (Å²) in [7, 11) is 0. The highest BCUT2D eigenvalue weighted by molar-refractivity contribution is 5.66. The molecule has 7 nitrogen and oxygen atoms in total. The third kappa shape index (κ3) is 3.53. The van der Waals surface area contributed by atoms with Crippen LogP contribution in [0.5, 0.6) is 0 Å². The van der Waals surface area contributed by atoms with Gasteiger partial charge in [-0.15, -0.1) is 0 Å². The lowest BCUT2D eigenvalue weighted by Gasteiger charge is -2.00. The number of rotatable bonds is 6. The van der Waals surface area contributed by atoms with E-state index in [-0.39, 0.29) is 6.42 Å². The molecule has 7 heteroatoms. The molecule has 0 aliphatic carbocycles. The Morgan fingerprint density at radius 1 is 1.45 bits per heavy atom. The Balaban J connectivity index is 1.99. The molecule has 0 bridgehead atoms. The first-order valence-electron chi connectivity index (χ1n) is 6.33. The summed E-state index contributed by atoms with van der Waals surface area (Å²) < 4.78 is 5.13. The fourth-order valence-electron chi connectivity index (χ4n) is 1.84. The van der Waals surface area contributed by atoms with Crippen molar-refractivity contribution >= 4 is 11.7 Å². The molecular weight excluding hydrogens is 260 g/mol. The van der Waals surface area contributed by atoms with E-state index in [2.05, 4.69) is 15.1 Å². The minimum atomic E-state index is -0.794. The summed E-state index contributed by atoms with van der Waals surface area (Å²) in [5.41, 5.74) is 7.74. The summed E-state index contributed by atoms with van der Waals surface area (Å²) in [6, 6.07) is 1.80. The number of carboxylic acids is 1. The molecule has 0 spiro atoms. The normalized spacial score (nSPS) is 10.7. The fraction of sp³-hybridized carbons (Fsp3) is 0.385. The third-order valence-corrected chi connectivity index (χ3v) is 2.81. The first-order chi connectivity index (χ1) is 9.56. The van der Waals surface area contributed by atoms with Crippen molar-refractivity contribution in [3.63, 3.8) is 0 Å². The van der Waals surface area contributed by atoms with Crippen molar-refractivity contribution in [3.8, 4) is 11.5 Å². The van der Waals surface area contributed by atoms with E-state index in [4.69, 9.17) is 15.4 Å². The molecule has 0 aliphatic heterocycles. The quantitative estimate of drug-likeness (QED) is 0.773. The van der Waals surface area contributed by atoms with Crippen LogP contribution in [-0.4, -0.2) is 26.2 Å². The average Bonchev–Trinajstić information content (AvgIpc) is 2.83. The monoisotopic (exact) mass is 276 g/mol. The van der Waals surface area contributed by atoms with Crippen molar-refractivity contribution < 1.29 is 14.4 Å². The SMILES string of the molecule is Cc1cc(N)cnc1-c1noc(CCCCC(=O)O)n1. The van der Waals surface area contributed by atoms with Crippen molar-refractivity contribution in [2.75, 3.05) is 5.73 Å². The summed E-state index contributed by atoms with van der Waals surface area (Å²) in [6.45, 7) is 1.88. The first kappa shape index (κ1) is 14.0. The van der Waals surface area contributed by atoms with Gasteiger partial charge in [0, 0.05) is 12.8 Å². The molecule has 2 aromatic heterocycles. The van der Waals surface area contributed by atoms with Crippen LogP contribution in [0, 0.1) is 6.92 Å². The van der Waals surface area contributed by atoms with E-state index in [1.807, 2.05) is 6.92 Å². The molecule has 0 amide bonds. The number of carboxylic acid groups (broad SMARTS) is 1. The molecule has 0 fully saturated rings. The molecule has 0 unspecified atom stereocenters. The Morgan fingerprint density at radius 3 is 2.95 bits per heavy atom. The number of nitrogens with zero attached hydrogens (tertiary/aromatic N) is 3. The number of aliphatic carboxylic acids is 1. The van der Waals surface area contributed by atoms with Gasteiger partial charge in [-0.3, -0.25) is 9.78 Å². The van der Waals surface area contributed by atoms with Gasteiger partial charge < -0.3 is 15.4 Å². The average molecular weight is 276 g/mol. The predicted octanol–water partition coefficient (Wildman–Crippen LogP) is 1.82. The molecule has 2 aromatic rings. The van der Waals surface area contributed by atoms with Gasteiger partial charge in [0.1, 0.15) is 5.69 Å². The number of pyridine rings is 1. The lowest BCUT2D eigenvalue weighted by atomic mass is 10.2. The zero-order chi connectivity index (χ0) is 14.5. The van der Waals surface area contributed by atoms with Gasteiger partial charge in [-0.1, -0.05) is 5.16 Å². The van der Waals surface area contributed by atoms with Crippen molar-refractivity contribution in [2.24, 2.45) is 0 Å². The van der Waals surface area contributed by atoms with E-state index in [1.165, 1.54) is 0 Å². The Morgan fingerprint density at radius 2 is 2.25 bits per heavy atom. The second kappa shape index (κ2) is 6.14. The van der Waals surface area contributed by atoms with Crippen LogP contribution in [0.15, 0.2) is 16.8 Å². The zero-order valence-corrected chi connectivity index (χ0v) is 11.2. The minimum Gasteiger partial charge on any atom is -0.481 e. The lowest BCUT2D eigenvalue weighted by molar-refractivity contribution is -0.137. The van der Waals surface area contributed by atoms with Gasteiger partial charge in [0.05, 0.1) is 11.9 Å². The minimum absolute atomic E-state index is 0.152. The summed E-state index contributed by atoms with van der Waals surface area (Å²) in [6.07, 6.45) is 3.55. The van der Waals surface area contributed by atoms with Crippen LogP contribution in [0.2, 0.25) is 0 Å². The zero-order valence-electron chi connectivity index (χ0n) is 11.2. The number of anilines is 1. The second-order valence-electron chi connectivity index (χ2n) is 4.55. The molecule has 2 rings (SSSR count). The van der Waals surface area contributed by atoms with Crippen LogP contribution in [0.4, 0.5) is 5.69 Å². The van der Waals surface area contributed by atoms with Crippen LogP contribution in [0.1, 0.15) is 30.7 Å². The van der Waals surface area contributed by atoms with Gasteiger partial charge in [0.25, 0.3) is 0 Å². The number of nitrogens with two attached hydrogens (primary N) is 1. The van der Waals surface area contributed by atoms with E-state index in [9.17, 15) is 4.79 Å². The van der Waals surface area contributed by atoms with Crippen LogP contribution in [-0.2, 0) is 11.2 Å². The number of aryl methyl sites for hydroxylation is 2. The maximum Gasteiger partial charge on any atom is 0.303 e. The van der Waals surface area contributed by atoms with Crippen LogP contribution < -0.4 is 5.73 Å². The highest BCUT2D eigenvalue weighted by Crippen LogP contribution is 2.19. The van der Waals surface area contributed by atoms with Crippen LogP contribution >= 0.6 is 0 Å². The van der Waals surface area contributed by atoms with Crippen molar-refractivity contribution in [1.82, 2.24) is 15.1 Å². The molecule has 0 saturated heterocycles. The van der Waals surface area contributed by atoms with Gasteiger partial charge in [0.2, 0.25) is 11.7 Å². The van der Waals surface area contributed by atoms with E-state index in [0.717, 1.165) is 5.56 Å². The molecule has 0 aliphatic rings. The van der Waals surface area contributed by atoms with E-state index in [0.29, 0.717) is 42.4 Å². The first-order valence-corrected chi connectivity index (χ1v) is 6.33. The number of nitrogen functional groups attached to an aromatic ring is 1. The largest absolute Gasteiger partial charge is 0.481 e. The van der Waals surface area contributed by atoms with Gasteiger partial charge >= 0.3 is 5.97 Å². The Bertz CT molecular complexity index is 609. The van der Waals surface area contributed by atoms with Gasteiger partial charge in [-0.2, -0.15) is 4.98 Å². The molecule has 0 radical (unpaired) electrons. The van der Waals surface area contributed by atoms with Crippen LogP contribution in [0.3, 0.4) is 0 Å². The number of hydrogen-bond donors (Lipinski definition) is 2. The maximum absolute atomic E-state index is 10.4. The summed E-state index contributed by atoms with van der Waals surface area (Å²) in [5, 5.41) is 12.4. The lowest BCUT2D eigenvalue weighted by Crippen LogP contribution is -1.95. The number of hydrogen-bond acceptors (Lipinski definition) is 6. The highest BCUT2D eigenvalue weighted by atomic mass is 16.5. The van der Waals surface area contributed by atoms with Crippen molar-refractivity contribution in [1.29, 1.82) is 0 Å². The Kier molecular flexibility index (Phi) is 4.29. The number of unbranched alkanes of at least 4 members (excludes halogenated alkanes) is 1. The molecule has 2 heterocycles. The molecule has 20 heavy (non-hydrogen) atoms. The molecule has 106 valence electrons. The van der Waals surface area contributed by atoms with Crippen molar-refractivity contribution in [3.05, 3.63) is 23.7 Å². The Hall–Kier alpha value is -2.44. The van der Waals surface area contributed by atoms with E-state index < -0.39 is 5.97 Å². The summed E-state index contributed by atoms with van der Waals surface area (Å²) in [5.74, 6) is 0.122. The Labute approximate surface area is 115 Å². The standard InChI is InChI=1S/C13H16N4O3/c1-8-6-9(14)7-15-12(8)13-16-10(20-17-13)4-2-3-5-11(18)19/h6-7H,2-5,14H2,1H3,(H,18,19). The topological polar surface area (TPSA) is 115 Å².